The molecule has 1 rings (SSSR count). The van der Waals surface area contributed by atoms with Crippen molar-refractivity contribution in [1.29, 1.82) is 0 Å². The van der Waals surface area contributed by atoms with Gasteiger partial charge in [-0.15, -0.1) is 0 Å². The summed E-state index contributed by atoms with van der Waals surface area (Å²) in [7, 11) is 0. The molecule has 1 aromatic carbocycles. The van der Waals surface area contributed by atoms with E-state index in [0.717, 1.165) is 4.47 Å². The average Bonchev–Trinajstić information content (AvgIpc) is 2.18. The van der Waals surface area contributed by atoms with Crippen LogP contribution in [0, 0.1) is 5.82 Å². The Kier molecular flexibility index (Phi) is 4.60. The number of nitrogens with one attached hydrogen (secondary N) is 1. The SMILES string of the molecule is CC(NCC(F)F)c1cc(Br)ccc1F. The Balaban J connectivity index is 2.72. The lowest BCUT2D eigenvalue weighted by atomic mass is 10.1. The van der Waals surface area contributed by atoms with Crippen molar-refractivity contribution < 1.29 is 13.2 Å². The number of rotatable bonds is 4. The van der Waals surface area contributed by atoms with Crippen LogP contribution in [0.3, 0.4) is 0 Å². The zero-order valence-electron chi connectivity index (χ0n) is 8.11. The Labute approximate surface area is 94.8 Å². The fraction of sp³-hybridized carbons (Fsp3) is 0.400. The van der Waals surface area contributed by atoms with Gasteiger partial charge in [-0.25, -0.2) is 13.2 Å². The first-order valence-corrected chi connectivity index (χ1v) is 5.26. The summed E-state index contributed by atoms with van der Waals surface area (Å²) in [6, 6.07) is 4.02. The van der Waals surface area contributed by atoms with E-state index >= 15 is 0 Å². The van der Waals surface area contributed by atoms with Gasteiger partial charge in [-0.3, -0.25) is 0 Å². The summed E-state index contributed by atoms with van der Waals surface area (Å²) in [6.45, 7) is 1.21. The minimum Gasteiger partial charge on any atom is -0.305 e. The lowest BCUT2D eigenvalue weighted by Gasteiger charge is -2.14. The van der Waals surface area contributed by atoms with Crippen molar-refractivity contribution in [2.75, 3.05) is 6.54 Å². The molecule has 0 radical (unpaired) electrons. The number of hydrogen-bond acceptors (Lipinski definition) is 1. The molecule has 0 heterocycles. The number of benzene rings is 1. The predicted octanol–water partition coefficient (Wildman–Crippen LogP) is 3.50. The smallest absolute Gasteiger partial charge is 0.250 e. The van der Waals surface area contributed by atoms with Gasteiger partial charge in [0.05, 0.1) is 6.54 Å². The maximum atomic E-state index is 13.3. The van der Waals surface area contributed by atoms with Crippen LogP contribution in [0.15, 0.2) is 22.7 Å². The van der Waals surface area contributed by atoms with Crippen LogP contribution in [0.4, 0.5) is 13.2 Å². The normalized spacial score (nSPS) is 13.2. The van der Waals surface area contributed by atoms with Crippen molar-refractivity contribution in [2.45, 2.75) is 19.4 Å². The Hall–Kier alpha value is -0.550. The highest BCUT2D eigenvalue weighted by molar-refractivity contribution is 9.10. The number of alkyl halides is 2. The molecule has 0 bridgehead atoms. The summed E-state index contributed by atoms with van der Waals surface area (Å²) >= 11 is 3.20. The fourth-order valence-corrected chi connectivity index (χ4v) is 1.60. The Bertz CT molecular complexity index is 330. The summed E-state index contributed by atoms with van der Waals surface area (Å²) in [5, 5.41) is 2.56. The molecule has 1 unspecified atom stereocenters. The molecule has 1 atom stereocenters. The quantitative estimate of drug-likeness (QED) is 0.891. The van der Waals surface area contributed by atoms with Gasteiger partial charge in [0, 0.05) is 16.1 Å². The maximum Gasteiger partial charge on any atom is 0.250 e. The topological polar surface area (TPSA) is 12.0 Å². The van der Waals surface area contributed by atoms with Gasteiger partial charge in [0.25, 0.3) is 6.43 Å². The van der Waals surface area contributed by atoms with E-state index < -0.39 is 24.8 Å². The van der Waals surface area contributed by atoms with Crippen LogP contribution >= 0.6 is 15.9 Å². The summed E-state index contributed by atoms with van der Waals surface area (Å²) < 4.78 is 37.9. The monoisotopic (exact) mass is 281 g/mol. The first kappa shape index (κ1) is 12.5. The highest BCUT2D eigenvalue weighted by Crippen LogP contribution is 2.21. The lowest BCUT2D eigenvalue weighted by Crippen LogP contribution is -2.25. The largest absolute Gasteiger partial charge is 0.305 e. The molecule has 0 saturated heterocycles. The van der Waals surface area contributed by atoms with Crippen molar-refractivity contribution in [2.24, 2.45) is 0 Å². The molecule has 5 heteroatoms. The van der Waals surface area contributed by atoms with Crippen LogP contribution in [-0.4, -0.2) is 13.0 Å². The van der Waals surface area contributed by atoms with Crippen LogP contribution in [0.25, 0.3) is 0 Å². The van der Waals surface area contributed by atoms with E-state index in [1.54, 1.807) is 19.1 Å². The molecule has 0 saturated carbocycles. The first-order valence-electron chi connectivity index (χ1n) is 4.47. The molecule has 0 amide bonds. The minimum atomic E-state index is -2.43. The zero-order chi connectivity index (χ0) is 11.4. The van der Waals surface area contributed by atoms with Gasteiger partial charge in [-0.05, 0) is 25.1 Å². The van der Waals surface area contributed by atoms with E-state index in [1.165, 1.54) is 6.07 Å². The second-order valence-corrected chi connectivity index (χ2v) is 4.10. The van der Waals surface area contributed by atoms with Crippen LogP contribution < -0.4 is 5.32 Å². The van der Waals surface area contributed by atoms with Gasteiger partial charge in [0.1, 0.15) is 5.82 Å². The summed E-state index contributed by atoms with van der Waals surface area (Å²) in [5.41, 5.74) is 0.380. The van der Waals surface area contributed by atoms with Gasteiger partial charge >= 0.3 is 0 Å². The Morgan fingerprint density at radius 1 is 1.40 bits per heavy atom. The van der Waals surface area contributed by atoms with Crippen LogP contribution in [0.2, 0.25) is 0 Å². The van der Waals surface area contributed by atoms with Gasteiger partial charge in [0.2, 0.25) is 0 Å². The lowest BCUT2D eigenvalue weighted by molar-refractivity contribution is 0.142. The molecule has 0 aliphatic heterocycles. The molecule has 1 nitrogen and oxygen atoms in total. The van der Waals surface area contributed by atoms with Crippen molar-refractivity contribution in [3.8, 4) is 0 Å². The molecule has 0 spiro atoms. The van der Waals surface area contributed by atoms with Gasteiger partial charge < -0.3 is 5.32 Å². The summed E-state index contributed by atoms with van der Waals surface area (Å²) in [6.07, 6.45) is -2.43. The van der Waals surface area contributed by atoms with E-state index in [2.05, 4.69) is 21.2 Å². The van der Waals surface area contributed by atoms with E-state index in [-0.39, 0.29) is 0 Å². The molecule has 15 heavy (non-hydrogen) atoms. The highest BCUT2D eigenvalue weighted by Gasteiger charge is 2.12. The molecule has 0 aliphatic rings. The maximum absolute atomic E-state index is 13.3. The molecule has 1 N–H and O–H groups in total. The number of hydrogen-bond donors (Lipinski definition) is 1. The number of halogens is 4. The van der Waals surface area contributed by atoms with Gasteiger partial charge in [0.15, 0.2) is 0 Å². The van der Waals surface area contributed by atoms with Gasteiger partial charge in [-0.2, -0.15) is 0 Å². The molecule has 0 aromatic heterocycles. The van der Waals surface area contributed by atoms with Crippen LogP contribution in [-0.2, 0) is 0 Å². The molecule has 0 aliphatic carbocycles. The summed E-state index contributed by atoms with van der Waals surface area (Å²) in [4.78, 5) is 0. The van der Waals surface area contributed by atoms with Crippen LogP contribution in [0.5, 0.6) is 0 Å². The van der Waals surface area contributed by atoms with E-state index in [4.69, 9.17) is 0 Å². The average molecular weight is 282 g/mol. The molecular weight excluding hydrogens is 271 g/mol. The standard InChI is InChI=1S/C10H11BrF3N/c1-6(15-5-10(13)14)8-4-7(11)2-3-9(8)12/h2-4,6,10,15H,5H2,1H3. The molecular formula is C10H11BrF3N. The van der Waals surface area contributed by atoms with Crippen LogP contribution in [0.1, 0.15) is 18.5 Å². The Morgan fingerprint density at radius 3 is 2.67 bits per heavy atom. The summed E-state index contributed by atoms with van der Waals surface area (Å²) in [5.74, 6) is -0.396. The van der Waals surface area contributed by atoms with E-state index in [0.29, 0.717) is 5.56 Å². The van der Waals surface area contributed by atoms with E-state index in [1.807, 2.05) is 0 Å². The third-order valence-corrected chi connectivity index (χ3v) is 2.50. The third kappa shape index (κ3) is 3.83. The predicted molar refractivity (Wildman–Crippen MR) is 56.5 cm³/mol. The van der Waals surface area contributed by atoms with Crippen molar-refractivity contribution >= 4 is 15.9 Å². The van der Waals surface area contributed by atoms with Crippen molar-refractivity contribution in [1.82, 2.24) is 5.32 Å². The van der Waals surface area contributed by atoms with Crippen molar-refractivity contribution in [3.63, 3.8) is 0 Å². The molecule has 1 aromatic rings. The first-order chi connectivity index (χ1) is 7.00. The van der Waals surface area contributed by atoms with E-state index in [9.17, 15) is 13.2 Å². The minimum absolute atomic E-state index is 0.380. The fourth-order valence-electron chi connectivity index (χ4n) is 1.22. The highest BCUT2D eigenvalue weighted by atomic mass is 79.9. The zero-order valence-corrected chi connectivity index (χ0v) is 9.69. The second kappa shape index (κ2) is 5.51. The van der Waals surface area contributed by atoms with Gasteiger partial charge in [-0.1, -0.05) is 15.9 Å². The Morgan fingerprint density at radius 2 is 2.07 bits per heavy atom. The third-order valence-electron chi connectivity index (χ3n) is 2.00. The molecule has 0 fully saturated rings. The molecule has 84 valence electrons. The van der Waals surface area contributed by atoms with Crippen molar-refractivity contribution in [3.05, 3.63) is 34.1 Å². The second-order valence-electron chi connectivity index (χ2n) is 3.19.